The first-order valence-electron chi connectivity index (χ1n) is 9.60. The van der Waals surface area contributed by atoms with Crippen LogP contribution in [0, 0.1) is 13.8 Å². The Hall–Kier alpha value is -3.48. The predicted octanol–water partition coefficient (Wildman–Crippen LogP) is 2.45. The fourth-order valence-electron chi connectivity index (χ4n) is 2.67. The third-order valence-electron chi connectivity index (χ3n) is 4.36. The van der Waals surface area contributed by atoms with Gasteiger partial charge in [-0.1, -0.05) is 0 Å². The van der Waals surface area contributed by atoms with Crippen LogP contribution < -0.4 is 14.3 Å². The second-order valence-corrected chi connectivity index (χ2v) is 7.55. The molecule has 4 aromatic rings. The van der Waals surface area contributed by atoms with E-state index in [0.717, 1.165) is 5.69 Å². The molecule has 4 heterocycles. The fraction of sp³-hybridized carbons (Fsp3) is 0.200. The van der Waals surface area contributed by atoms with Crippen molar-refractivity contribution in [2.45, 2.75) is 20.0 Å². The molecule has 4 aromatic heterocycles. The number of aliphatic hydroxyl groups excluding tert-OH is 2. The number of aliphatic hydroxyl groups is 2. The summed E-state index contributed by atoms with van der Waals surface area (Å²) in [6.45, 7) is 3.23. The molecule has 32 heavy (non-hydrogen) atoms. The molecule has 10 nitrogen and oxygen atoms in total. The zero-order valence-corrected chi connectivity index (χ0v) is 18.1. The summed E-state index contributed by atoms with van der Waals surface area (Å²) in [6, 6.07) is 6.97. The van der Waals surface area contributed by atoms with Gasteiger partial charge in [0.25, 0.3) is 0 Å². The summed E-state index contributed by atoms with van der Waals surface area (Å²) < 4.78 is 12.0. The number of aromatic nitrogens is 5. The average Bonchev–Trinajstić information content (AvgIpc) is 3.26. The van der Waals surface area contributed by atoms with Crippen molar-refractivity contribution >= 4 is 23.2 Å². The summed E-state index contributed by atoms with van der Waals surface area (Å²) in [4.78, 5) is 16.6. The number of pyridine rings is 2. The molecule has 4 rings (SSSR count). The van der Waals surface area contributed by atoms with Gasteiger partial charge in [0.2, 0.25) is 0 Å². The number of ether oxygens (including phenoxy) is 2. The van der Waals surface area contributed by atoms with E-state index >= 15 is 0 Å². The van der Waals surface area contributed by atoms with Gasteiger partial charge in [0.15, 0.2) is 0 Å². The van der Waals surface area contributed by atoms with E-state index in [9.17, 15) is 5.11 Å². The molecule has 0 bridgehead atoms. The van der Waals surface area contributed by atoms with Crippen molar-refractivity contribution in [1.82, 2.24) is 25.1 Å². The molecule has 1 unspecified atom stereocenters. The van der Waals surface area contributed by atoms with Crippen LogP contribution in [0.1, 0.15) is 23.1 Å². The summed E-state index contributed by atoms with van der Waals surface area (Å²) in [5.74, 6) is 2.17. The van der Waals surface area contributed by atoms with E-state index in [2.05, 4.69) is 30.1 Å². The number of rotatable bonds is 7. The molecular weight excluding hydrogens is 431 g/mol. The summed E-state index contributed by atoms with van der Waals surface area (Å²) >= 11 is 1.26. The number of nitrogens with zero attached hydrogens (tertiary/aromatic N) is 5. The van der Waals surface area contributed by atoms with Gasteiger partial charge >= 0.3 is 187 Å². The minimum atomic E-state index is -1.01. The van der Waals surface area contributed by atoms with Crippen LogP contribution in [-0.2, 0) is 0 Å². The summed E-state index contributed by atoms with van der Waals surface area (Å²) in [6.07, 6.45) is 5.42. The van der Waals surface area contributed by atoms with E-state index in [0.29, 0.717) is 44.9 Å². The Morgan fingerprint density at radius 1 is 1.12 bits per heavy atom. The zero-order valence-electron chi connectivity index (χ0n) is 17.3. The van der Waals surface area contributed by atoms with Gasteiger partial charge < -0.3 is 0 Å². The van der Waals surface area contributed by atoms with E-state index in [1.807, 2.05) is 13.0 Å². The van der Waals surface area contributed by atoms with E-state index in [4.69, 9.17) is 14.6 Å². The van der Waals surface area contributed by atoms with Gasteiger partial charge in [-0.3, -0.25) is 0 Å². The first-order chi connectivity index (χ1) is 15.5. The Labute approximate surface area is 187 Å². The SMILES string of the molecule is Cc1ncccc1Oc1cnc(/N=c2/[nH]c(C(O)CO)bs2)c(Oc2ccnnc2C)c1. The Kier molecular flexibility index (Phi) is 6.64. The summed E-state index contributed by atoms with van der Waals surface area (Å²) in [5, 5.41) is 26.8. The maximum atomic E-state index is 9.80. The van der Waals surface area contributed by atoms with Crippen molar-refractivity contribution in [2.24, 2.45) is 4.99 Å². The van der Waals surface area contributed by atoms with Gasteiger partial charge in [-0.15, -0.1) is 0 Å². The number of hydrogen-bond donors (Lipinski definition) is 3. The van der Waals surface area contributed by atoms with E-state index < -0.39 is 12.7 Å². The monoisotopic (exact) mass is 450 g/mol. The molecule has 0 radical (unpaired) electrons. The number of aryl methyl sites for hydroxylation is 2. The fourth-order valence-corrected chi connectivity index (χ4v) is 3.44. The van der Waals surface area contributed by atoms with Gasteiger partial charge in [0, 0.05) is 0 Å². The standard InChI is InChI=1S/C20H19BN6O4S/c1-11-15(4-3-6-22-11)30-13-8-17(31-16-5-7-24-27-12(16)2)19(23-9-13)26-20-25-18(21-32-20)14(29)10-28/h3-9,14,28-29H,10H2,1-2H3,(H,23,25,26). The molecule has 0 spiro atoms. The molecule has 0 aliphatic rings. The van der Waals surface area contributed by atoms with Crippen molar-refractivity contribution < 1.29 is 19.7 Å². The number of aromatic amines is 1. The van der Waals surface area contributed by atoms with Gasteiger partial charge in [0.05, 0.1) is 0 Å². The second kappa shape index (κ2) is 9.77. The van der Waals surface area contributed by atoms with Crippen molar-refractivity contribution in [1.29, 1.82) is 0 Å². The third kappa shape index (κ3) is 5.05. The van der Waals surface area contributed by atoms with E-state index in [1.165, 1.54) is 23.6 Å². The zero-order chi connectivity index (χ0) is 22.5. The number of H-pyrrole nitrogens is 1. The molecule has 162 valence electrons. The van der Waals surface area contributed by atoms with Crippen LogP contribution in [0.5, 0.6) is 23.0 Å². The molecule has 12 heteroatoms. The molecular formula is C20H19BN6O4S. The molecule has 0 aromatic carbocycles. The van der Waals surface area contributed by atoms with Crippen LogP contribution in [0.3, 0.4) is 0 Å². The van der Waals surface area contributed by atoms with Gasteiger partial charge in [0.1, 0.15) is 0 Å². The molecule has 0 fully saturated rings. The third-order valence-corrected chi connectivity index (χ3v) is 5.15. The van der Waals surface area contributed by atoms with Crippen molar-refractivity contribution in [3.05, 3.63) is 64.6 Å². The first kappa shape index (κ1) is 21.7. The van der Waals surface area contributed by atoms with Crippen LogP contribution in [0.2, 0.25) is 0 Å². The van der Waals surface area contributed by atoms with Crippen LogP contribution in [-0.4, -0.2) is 48.1 Å². The average molecular weight is 450 g/mol. The second-order valence-electron chi connectivity index (χ2n) is 6.70. The molecule has 0 saturated carbocycles. The Balaban J connectivity index is 1.73. The van der Waals surface area contributed by atoms with Gasteiger partial charge in [-0.2, -0.15) is 0 Å². The van der Waals surface area contributed by atoms with Crippen LogP contribution in [0.15, 0.2) is 47.8 Å². The first-order valence-corrected chi connectivity index (χ1v) is 10.5. The molecule has 1 atom stereocenters. The Morgan fingerprint density at radius 2 is 1.97 bits per heavy atom. The quantitative estimate of drug-likeness (QED) is 0.390. The number of nitrogens with one attached hydrogen (secondary N) is 1. The van der Waals surface area contributed by atoms with Gasteiger partial charge in [-0.05, 0) is 0 Å². The van der Waals surface area contributed by atoms with Crippen molar-refractivity contribution in [3.8, 4) is 23.0 Å². The number of hydrogen-bond acceptors (Lipinski definition) is 10. The Bertz CT molecular complexity index is 1290. The minimum absolute atomic E-state index is 0.291. The summed E-state index contributed by atoms with van der Waals surface area (Å²) in [7, 11) is 0. The molecule has 0 aliphatic carbocycles. The van der Waals surface area contributed by atoms with Crippen LogP contribution in [0.4, 0.5) is 5.82 Å². The summed E-state index contributed by atoms with van der Waals surface area (Å²) in [5.41, 5.74) is 1.80. The molecule has 0 aliphatic heterocycles. The topological polar surface area (TPSA) is 139 Å². The van der Waals surface area contributed by atoms with Crippen LogP contribution in [0.25, 0.3) is 0 Å². The molecule has 3 N–H and O–H groups in total. The Morgan fingerprint density at radius 3 is 2.75 bits per heavy atom. The molecule has 0 saturated heterocycles. The van der Waals surface area contributed by atoms with E-state index in [1.54, 1.807) is 37.5 Å². The van der Waals surface area contributed by atoms with Crippen molar-refractivity contribution in [3.63, 3.8) is 0 Å². The normalized spacial score (nSPS) is 12.4. The van der Waals surface area contributed by atoms with Crippen LogP contribution >= 0.6 is 11.2 Å². The predicted molar refractivity (Wildman–Crippen MR) is 117 cm³/mol. The van der Waals surface area contributed by atoms with Gasteiger partial charge in [-0.25, -0.2) is 0 Å². The maximum absolute atomic E-state index is 9.80. The van der Waals surface area contributed by atoms with Crippen molar-refractivity contribution in [2.75, 3.05) is 6.61 Å². The molecule has 0 amide bonds. The van der Waals surface area contributed by atoms with E-state index in [-0.39, 0.29) is 0 Å².